The van der Waals surface area contributed by atoms with E-state index in [1.807, 2.05) is 54.6 Å². The first-order valence-corrected chi connectivity index (χ1v) is 30.5. The highest BCUT2D eigenvalue weighted by Crippen LogP contribution is 2.25. The van der Waals surface area contributed by atoms with Gasteiger partial charge in [-0.25, -0.2) is 10.3 Å². The maximum Gasteiger partial charge on any atom is 0.342 e. The summed E-state index contributed by atoms with van der Waals surface area (Å²) in [5.41, 5.74) is 23.0. The molecule has 0 unspecified atom stereocenters. The van der Waals surface area contributed by atoms with Crippen molar-refractivity contribution in [2.75, 3.05) is 23.4 Å². The van der Waals surface area contributed by atoms with Crippen molar-refractivity contribution in [2.45, 2.75) is 106 Å². The molecule has 1 aliphatic rings. The van der Waals surface area contributed by atoms with Gasteiger partial charge >= 0.3 is 6.03 Å². The molecular weight excluding hydrogens is 1170 g/mol. The topological polar surface area (TPSA) is 396 Å². The third-order valence-electron chi connectivity index (χ3n) is 14.2. The van der Waals surface area contributed by atoms with Crippen LogP contribution in [0.3, 0.4) is 0 Å². The van der Waals surface area contributed by atoms with E-state index in [1.54, 1.807) is 54.7 Å². The van der Waals surface area contributed by atoms with Gasteiger partial charge in [-0.1, -0.05) is 118 Å². The highest BCUT2D eigenvalue weighted by Gasteiger charge is 2.37. The van der Waals surface area contributed by atoms with Crippen LogP contribution in [0.5, 0.6) is 0 Å². The molecular formula is C59H70ClN13O11S2. The quantitative estimate of drug-likeness (QED) is 0.0238. The molecule has 0 spiro atoms. The van der Waals surface area contributed by atoms with Crippen molar-refractivity contribution in [2.24, 2.45) is 17.2 Å². The fraction of sp³-hybridized carbons (Fsp3) is 0.339. The lowest BCUT2D eigenvalue weighted by molar-refractivity contribution is -0.136. The van der Waals surface area contributed by atoms with Crippen LogP contribution in [-0.4, -0.2) is 141 Å². The van der Waals surface area contributed by atoms with E-state index < -0.39 is 108 Å². The van der Waals surface area contributed by atoms with Crippen LogP contribution >= 0.6 is 33.2 Å². The lowest BCUT2D eigenvalue weighted by Crippen LogP contribution is -2.62. The fourth-order valence-corrected chi connectivity index (χ4v) is 12.0. The van der Waals surface area contributed by atoms with Crippen LogP contribution in [0, 0.1) is 0 Å². The molecule has 27 heteroatoms. The second kappa shape index (κ2) is 31.8. The Kier molecular flexibility index (Phi) is 24.1. The first-order chi connectivity index (χ1) is 41.3. The van der Waals surface area contributed by atoms with Crippen LogP contribution in [0.2, 0.25) is 5.02 Å². The molecule has 1 saturated heterocycles. The number of amides is 10. The van der Waals surface area contributed by atoms with Gasteiger partial charge in [-0.2, -0.15) is 0 Å². The Morgan fingerprint density at radius 3 is 2.02 bits per heavy atom. The summed E-state index contributed by atoms with van der Waals surface area (Å²) < 4.78 is 0. The van der Waals surface area contributed by atoms with Gasteiger partial charge in [0.25, 0.3) is 0 Å². The van der Waals surface area contributed by atoms with Crippen molar-refractivity contribution in [1.82, 2.24) is 47.7 Å². The Morgan fingerprint density at radius 2 is 1.33 bits per heavy atom. The molecule has 1 aromatic heterocycles. The number of aromatic nitrogens is 1. The molecule has 456 valence electrons. The number of para-hydroxylation sites is 1. The SMILES string of the molecule is C[C@@H](O)[C@@H]1NC(=O)[C@H](CCCCN)NC(=O)[C@@H](Cc2c[nH]c3ccccc23)NC(=O)[C@H](Cc2ccc(NC(=O)NO)cc2)NC(=O)[C@H](NC(=O)[C@@H](N)Cc2ccc(Cl)cc2)CSSC[C@@H](C(=O)N[C@@H](Cc2ccc3ccccc3c2)C(N)=O)NC1=O. The molecule has 1 aliphatic heterocycles. The maximum absolute atomic E-state index is 15.0. The van der Waals surface area contributed by atoms with E-state index in [1.165, 1.54) is 24.5 Å². The zero-order valence-electron chi connectivity index (χ0n) is 46.8. The van der Waals surface area contributed by atoms with Gasteiger partial charge in [0.05, 0.1) is 12.1 Å². The van der Waals surface area contributed by atoms with Gasteiger partial charge in [0, 0.05) is 58.6 Å². The lowest BCUT2D eigenvalue weighted by Gasteiger charge is -2.29. The van der Waals surface area contributed by atoms with E-state index in [-0.39, 0.29) is 55.8 Å². The minimum absolute atomic E-state index is 0.0265. The summed E-state index contributed by atoms with van der Waals surface area (Å²) in [4.78, 5) is 130. The number of hydrogen-bond donors (Lipinski definition) is 15. The minimum Gasteiger partial charge on any atom is -0.391 e. The second-order valence-electron chi connectivity index (χ2n) is 20.7. The standard InChI is InChI=1S/C59H70ClN13O11S2/c1-32(74)50-58(82)71-49(56(80)67-45(51(63)75)27-35-13-18-36-8-2-3-9-37(36)24-35)31-86-85-30-48(70-52(76)42(62)25-33-14-19-39(60)20-15-33)57(81)68-46(26-34-16-21-40(22-17-34)65-59(83)73-84)54(78)69-47(28-38-29-64-43-11-5-4-10-41(38)43)55(79)66-44(53(77)72-50)12-6-7-23-61/h2-5,8-11,13-22,24,29,32,42,44-50,64,74,84H,6-7,12,23,25-28,30-31,61-62H2,1H3,(H2,63,75)(H,66,79)(H,67,80)(H,68,81)(H,69,78)(H,70,76)(H,71,82)(H,72,77)(H2,65,73,83)/t32-,42+,44+,45+,46+,47-,48-,49+,50+/m1/s1. The number of nitrogens with one attached hydrogen (secondary N) is 10. The first-order valence-electron chi connectivity index (χ1n) is 27.7. The van der Waals surface area contributed by atoms with Gasteiger partial charge in [-0.15, -0.1) is 0 Å². The molecule has 2 heterocycles. The first kappa shape index (κ1) is 65.3. The second-order valence-corrected chi connectivity index (χ2v) is 23.7. The highest BCUT2D eigenvalue weighted by atomic mass is 35.5. The van der Waals surface area contributed by atoms with Crippen molar-refractivity contribution in [3.63, 3.8) is 0 Å². The number of aromatic amines is 1. The van der Waals surface area contributed by atoms with E-state index in [2.05, 4.69) is 47.5 Å². The number of urea groups is 1. The summed E-state index contributed by atoms with van der Waals surface area (Å²) in [6.07, 6.45) is 0.346. The molecule has 0 saturated carbocycles. The predicted octanol–water partition coefficient (Wildman–Crippen LogP) is 1.87. The summed E-state index contributed by atoms with van der Waals surface area (Å²) in [6.45, 7) is 1.46. The molecule has 7 rings (SSSR count). The van der Waals surface area contributed by atoms with E-state index in [0.717, 1.165) is 32.4 Å². The third kappa shape index (κ3) is 18.9. The summed E-state index contributed by atoms with van der Waals surface area (Å²) >= 11 is 6.11. The normalized spacial score (nSPS) is 20.4. The van der Waals surface area contributed by atoms with Gasteiger partial charge in [0.1, 0.15) is 42.3 Å². The van der Waals surface area contributed by atoms with Crippen LogP contribution in [0.1, 0.15) is 48.4 Å². The van der Waals surface area contributed by atoms with E-state index in [0.29, 0.717) is 51.0 Å². The van der Waals surface area contributed by atoms with Crippen LogP contribution in [0.15, 0.2) is 121 Å². The summed E-state index contributed by atoms with van der Waals surface area (Å²) in [6, 6.07) is 20.4. The number of hydroxylamine groups is 1. The minimum atomic E-state index is -1.74. The number of benzene rings is 5. The number of primary amides is 1. The molecule has 9 atom stereocenters. The average molecular weight is 1240 g/mol. The number of halogens is 1. The number of unbranched alkanes of at least 4 members (excludes halogenated alkanes) is 1. The molecule has 10 amide bonds. The summed E-state index contributed by atoms with van der Waals surface area (Å²) in [5.74, 6) is -7.61. The van der Waals surface area contributed by atoms with E-state index in [9.17, 15) is 43.5 Å². The van der Waals surface area contributed by atoms with Gasteiger partial charge in [-0.3, -0.25) is 43.6 Å². The Morgan fingerprint density at radius 1 is 0.698 bits per heavy atom. The molecule has 6 aromatic rings. The zero-order chi connectivity index (χ0) is 61.9. The average Bonchev–Trinajstić information content (AvgIpc) is 4.02. The van der Waals surface area contributed by atoms with Gasteiger partial charge in [0.15, 0.2) is 0 Å². The van der Waals surface area contributed by atoms with Crippen LogP contribution < -0.4 is 65.2 Å². The van der Waals surface area contributed by atoms with Crippen LogP contribution in [-0.2, 0) is 64.0 Å². The number of carbonyl (C=O) groups excluding carboxylic acids is 9. The van der Waals surface area contributed by atoms with Crippen molar-refractivity contribution >= 4 is 114 Å². The molecule has 18 N–H and O–H groups in total. The third-order valence-corrected chi connectivity index (χ3v) is 16.9. The Bertz CT molecular complexity index is 3380. The molecule has 0 radical (unpaired) electrons. The number of anilines is 1. The van der Waals surface area contributed by atoms with Crippen molar-refractivity contribution in [3.05, 3.63) is 149 Å². The van der Waals surface area contributed by atoms with Gasteiger partial charge in [-0.05, 0) is 103 Å². The molecule has 1 fully saturated rings. The zero-order valence-corrected chi connectivity index (χ0v) is 49.2. The highest BCUT2D eigenvalue weighted by molar-refractivity contribution is 8.76. The molecule has 86 heavy (non-hydrogen) atoms. The lowest BCUT2D eigenvalue weighted by atomic mass is 10.0. The van der Waals surface area contributed by atoms with Crippen LogP contribution in [0.4, 0.5) is 10.5 Å². The molecule has 5 aromatic carbocycles. The van der Waals surface area contributed by atoms with Gasteiger partial charge < -0.3 is 69.8 Å². The molecule has 24 nitrogen and oxygen atoms in total. The summed E-state index contributed by atoms with van der Waals surface area (Å²) in [5, 5.41) is 44.5. The summed E-state index contributed by atoms with van der Waals surface area (Å²) in [7, 11) is 1.95. The fourth-order valence-electron chi connectivity index (χ4n) is 9.50. The number of nitrogens with two attached hydrogens (primary N) is 3. The Balaban J connectivity index is 1.26. The number of rotatable bonds is 19. The number of carbonyl (C=O) groups is 9. The number of fused-ring (bicyclic) bond motifs is 2. The van der Waals surface area contributed by atoms with Gasteiger partial charge in [0.2, 0.25) is 47.3 Å². The Labute approximate surface area is 508 Å². The van der Waals surface area contributed by atoms with Crippen LogP contribution in [0.25, 0.3) is 21.7 Å². The number of H-pyrrole nitrogens is 1. The Hall–Kier alpha value is -8.24. The molecule has 0 aliphatic carbocycles. The smallest absolute Gasteiger partial charge is 0.342 e. The molecule has 0 bridgehead atoms. The monoisotopic (exact) mass is 1240 g/mol. The van der Waals surface area contributed by atoms with E-state index >= 15 is 4.79 Å². The largest absolute Gasteiger partial charge is 0.391 e. The number of aliphatic hydroxyl groups excluding tert-OH is 1. The maximum atomic E-state index is 15.0. The number of aliphatic hydroxyl groups is 1. The van der Waals surface area contributed by atoms with Crippen molar-refractivity contribution in [3.8, 4) is 0 Å². The number of hydrogen-bond acceptors (Lipinski definition) is 15. The van der Waals surface area contributed by atoms with Crippen molar-refractivity contribution < 1.29 is 53.5 Å². The van der Waals surface area contributed by atoms with E-state index in [4.69, 9.17) is 34.0 Å². The van der Waals surface area contributed by atoms with Crippen molar-refractivity contribution in [1.29, 1.82) is 0 Å². The predicted molar refractivity (Wildman–Crippen MR) is 329 cm³/mol.